The lowest BCUT2D eigenvalue weighted by molar-refractivity contribution is 0.0959. The molecular weight excluding hydrogens is 327 g/mol. The van der Waals surface area contributed by atoms with E-state index < -0.39 is 0 Å². The minimum atomic E-state index is 0.297. The summed E-state index contributed by atoms with van der Waals surface area (Å²) >= 11 is 13.6. The second-order valence-corrected chi connectivity index (χ2v) is 6.77. The summed E-state index contributed by atoms with van der Waals surface area (Å²) in [6.07, 6.45) is 2.56. The van der Waals surface area contributed by atoms with E-state index in [1.54, 1.807) is 23.5 Å². The van der Waals surface area contributed by atoms with Crippen LogP contribution < -0.4 is 4.80 Å². The van der Waals surface area contributed by atoms with Gasteiger partial charge in [0.1, 0.15) is 0 Å². The van der Waals surface area contributed by atoms with Crippen LogP contribution in [0.15, 0.2) is 28.6 Å². The minimum absolute atomic E-state index is 0.297. The van der Waals surface area contributed by atoms with E-state index in [4.69, 9.17) is 27.9 Å². The van der Waals surface area contributed by atoms with Gasteiger partial charge in [0.15, 0.2) is 4.80 Å². The molecule has 1 aromatic carbocycles. The molecule has 1 aliphatic rings. The number of rotatable bonds is 3. The van der Waals surface area contributed by atoms with Crippen molar-refractivity contribution in [2.24, 2.45) is 4.99 Å². The Hall–Kier alpha value is -0.810. The van der Waals surface area contributed by atoms with Crippen LogP contribution in [0.2, 0.25) is 10.0 Å². The van der Waals surface area contributed by atoms with Gasteiger partial charge in [-0.3, -0.25) is 0 Å². The van der Waals surface area contributed by atoms with Crippen molar-refractivity contribution in [3.8, 4) is 0 Å². The van der Waals surface area contributed by atoms with Gasteiger partial charge in [-0.2, -0.15) is 0 Å². The molecule has 6 heteroatoms. The number of benzene rings is 1. The summed E-state index contributed by atoms with van der Waals surface area (Å²) in [7, 11) is 0. The maximum atomic E-state index is 6.05. The van der Waals surface area contributed by atoms with Crippen molar-refractivity contribution >= 4 is 40.2 Å². The highest BCUT2D eigenvalue weighted by atomic mass is 35.5. The normalized spacial score (nSPS) is 19.4. The third-order valence-corrected chi connectivity index (χ3v) is 5.25. The Labute approximate surface area is 137 Å². The van der Waals surface area contributed by atoms with Gasteiger partial charge in [0, 0.05) is 17.7 Å². The second-order valence-electron chi connectivity index (χ2n) is 5.12. The lowest BCUT2D eigenvalue weighted by atomic mass is 10.2. The van der Waals surface area contributed by atoms with Crippen molar-refractivity contribution in [2.75, 3.05) is 6.61 Å². The van der Waals surface area contributed by atoms with E-state index in [9.17, 15) is 0 Å². The van der Waals surface area contributed by atoms with Crippen LogP contribution in [0.4, 0.5) is 5.69 Å². The van der Waals surface area contributed by atoms with Crippen LogP contribution in [0.5, 0.6) is 0 Å². The smallest absolute Gasteiger partial charge is 0.190 e. The zero-order chi connectivity index (χ0) is 14.8. The van der Waals surface area contributed by atoms with Gasteiger partial charge in [-0.25, -0.2) is 4.99 Å². The van der Waals surface area contributed by atoms with E-state index in [2.05, 4.69) is 21.9 Å². The molecule has 21 heavy (non-hydrogen) atoms. The zero-order valence-corrected chi connectivity index (χ0v) is 14.0. The molecule has 0 amide bonds. The molecule has 1 fully saturated rings. The number of nitrogens with zero attached hydrogens (tertiary/aromatic N) is 2. The number of hydrogen-bond donors (Lipinski definition) is 0. The molecule has 3 nitrogen and oxygen atoms in total. The lowest BCUT2D eigenvalue weighted by Crippen LogP contribution is -2.24. The summed E-state index contributed by atoms with van der Waals surface area (Å²) in [5, 5.41) is 3.19. The standard InChI is InChI=1S/C15H16Cl2N2OS/c1-10-9-21-15(19(10)8-12-3-2-6-20-12)18-11-4-5-13(16)14(17)7-11/h4-5,7,9,12H,2-3,6,8H2,1H3/t12-/m1/s1. The monoisotopic (exact) mass is 342 g/mol. The van der Waals surface area contributed by atoms with E-state index in [1.165, 1.54) is 5.69 Å². The van der Waals surface area contributed by atoms with Gasteiger partial charge in [-0.15, -0.1) is 11.3 Å². The van der Waals surface area contributed by atoms with E-state index in [-0.39, 0.29) is 0 Å². The molecular formula is C15H16Cl2N2OS. The first-order chi connectivity index (χ1) is 10.1. The van der Waals surface area contributed by atoms with Gasteiger partial charge in [0.05, 0.1) is 28.4 Å². The first-order valence-corrected chi connectivity index (χ1v) is 8.53. The Balaban J connectivity index is 1.93. The highest BCUT2D eigenvalue weighted by Crippen LogP contribution is 2.26. The Morgan fingerprint density at radius 3 is 2.95 bits per heavy atom. The number of ether oxygens (including phenoxy) is 1. The van der Waals surface area contributed by atoms with Gasteiger partial charge in [-0.1, -0.05) is 23.2 Å². The highest BCUT2D eigenvalue weighted by molar-refractivity contribution is 7.07. The quantitative estimate of drug-likeness (QED) is 0.801. The molecule has 1 saturated heterocycles. The minimum Gasteiger partial charge on any atom is -0.376 e. The molecule has 1 atom stereocenters. The summed E-state index contributed by atoms with van der Waals surface area (Å²) in [4.78, 5) is 5.65. The summed E-state index contributed by atoms with van der Waals surface area (Å²) in [6.45, 7) is 3.82. The summed E-state index contributed by atoms with van der Waals surface area (Å²) in [5.74, 6) is 0. The number of thiazole rings is 1. The maximum absolute atomic E-state index is 6.05. The van der Waals surface area contributed by atoms with Crippen LogP contribution in [0.1, 0.15) is 18.5 Å². The largest absolute Gasteiger partial charge is 0.376 e. The number of aryl methyl sites for hydroxylation is 1. The van der Waals surface area contributed by atoms with Crippen LogP contribution in [0, 0.1) is 6.92 Å². The van der Waals surface area contributed by atoms with E-state index in [0.29, 0.717) is 16.1 Å². The van der Waals surface area contributed by atoms with Crippen molar-refractivity contribution < 1.29 is 4.74 Å². The molecule has 0 N–H and O–H groups in total. The van der Waals surface area contributed by atoms with Gasteiger partial charge in [0.2, 0.25) is 0 Å². The van der Waals surface area contributed by atoms with Crippen molar-refractivity contribution in [2.45, 2.75) is 32.4 Å². The molecule has 0 unspecified atom stereocenters. The lowest BCUT2D eigenvalue weighted by Gasteiger charge is -2.12. The average Bonchev–Trinajstić information content (AvgIpc) is 3.08. The Morgan fingerprint density at radius 2 is 2.24 bits per heavy atom. The third-order valence-electron chi connectivity index (χ3n) is 3.53. The average molecular weight is 343 g/mol. The zero-order valence-electron chi connectivity index (χ0n) is 11.7. The van der Waals surface area contributed by atoms with Crippen molar-refractivity contribution in [3.05, 3.63) is 44.1 Å². The number of aromatic nitrogens is 1. The molecule has 0 saturated carbocycles. The highest BCUT2D eigenvalue weighted by Gasteiger charge is 2.17. The molecule has 0 aliphatic carbocycles. The molecule has 1 aromatic heterocycles. The Kier molecular flexibility index (Phi) is 4.69. The Morgan fingerprint density at radius 1 is 1.38 bits per heavy atom. The fourth-order valence-corrected chi connectivity index (χ4v) is 3.58. The van der Waals surface area contributed by atoms with E-state index in [0.717, 1.165) is 36.5 Å². The molecule has 0 radical (unpaired) electrons. The van der Waals surface area contributed by atoms with E-state index in [1.807, 2.05) is 6.07 Å². The molecule has 112 valence electrons. The fourth-order valence-electron chi connectivity index (χ4n) is 2.38. The summed E-state index contributed by atoms with van der Waals surface area (Å²) < 4.78 is 7.94. The third kappa shape index (κ3) is 3.51. The maximum Gasteiger partial charge on any atom is 0.190 e. The summed E-state index contributed by atoms with van der Waals surface area (Å²) in [6, 6.07) is 5.43. The van der Waals surface area contributed by atoms with Gasteiger partial charge in [-0.05, 0) is 38.0 Å². The van der Waals surface area contributed by atoms with E-state index >= 15 is 0 Å². The molecule has 0 bridgehead atoms. The summed E-state index contributed by atoms with van der Waals surface area (Å²) in [5.41, 5.74) is 2.02. The van der Waals surface area contributed by atoms with Gasteiger partial charge < -0.3 is 9.30 Å². The molecule has 2 heterocycles. The van der Waals surface area contributed by atoms with Crippen LogP contribution in [-0.4, -0.2) is 17.3 Å². The van der Waals surface area contributed by atoms with Crippen LogP contribution in [-0.2, 0) is 11.3 Å². The van der Waals surface area contributed by atoms with Gasteiger partial charge in [0.25, 0.3) is 0 Å². The van der Waals surface area contributed by atoms with Crippen molar-refractivity contribution in [1.82, 2.24) is 4.57 Å². The fraction of sp³-hybridized carbons (Fsp3) is 0.400. The molecule has 0 spiro atoms. The molecule has 3 rings (SSSR count). The van der Waals surface area contributed by atoms with Crippen LogP contribution in [0.25, 0.3) is 0 Å². The SMILES string of the molecule is Cc1csc(=Nc2ccc(Cl)c(Cl)c2)n1C[C@H]1CCCO1. The number of halogens is 2. The van der Waals surface area contributed by atoms with Crippen molar-refractivity contribution in [3.63, 3.8) is 0 Å². The molecule has 1 aliphatic heterocycles. The number of hydrogen-bond acceptors (Lipinski definition) is 3. The topological polar surface area (TPSA) is 26.5 Å². The van der Waals surface area contributed by atoms with Gasteiger partial charge >= 0.3 is 0 Å². The van der Waals surface area contributed by atoms with Crippen molar-refractivity contribution in [1.29, 1.82) is 0 Å². The Bertz CT molecular complexity index is 702. The first kappa shape index (κ1) is 15.1. The predicted molar refractivity (Wildman–Crippen MR) is 87.7 cm³/mol. The predicted octanol–water partition coefficient (Wildman–Crippen LogP) is 4.58. The first-order valence-electron chi connectivity index (χ1n) is 6.90. The molecule has 2 aromatic rings. The van der Waals surface area contributed by atoms with Crippen LogP contribution >= 0.6 is 34.5 Å². The van der Waals surface area contributed by atoms with Crippen LogP contribution in [0.3, 0.4) is 0 Å². The second kappa shape index (κ2) is 6.53.